The van der Waals surface area contributed by atoms with Crippen LogP contribution in [0.1, 0.15) is 47.7 Å². The van der Waals surface area contributed by atoms with Crippen LogP contribution in [0, 0.1) is 6.92 Å². The minimum Gasteiger partial charge on any atom is -0.306 e. The Kier molecular flexibility index (Phi) is 4.61. The maximum absolute atomic E-state index is 4.59. The highest BCUT2D eigenvalue weighted by Crippen LogP contribution is 2.31. The molecule has 2 aromatic heterocycles. The van der Waals surface area contributed by atoms with Gasteiger partial charge in [-0.25, -0.2) is 4.98 Å². The highest BCUT2D eigenvalue weighted by Gasteiger charge is 2.18. The van der Waals surface area contributed by atoms with Crippen LogP contribution in [-0.4, -0.2) is 14.8 Å². The molecule has 1 atom stereocenters. The fraction of sp³-hybridized carbons (Fsp3) is 0.400. The number of rotatable bonds is 3. The second kappa shape index (κ2) is 6.89. The van der Waals surface area contributed by atoms with E-state index >= 15 is 0 Å². The zero-order valence-electron chi connectivity index (χ0n) is 14.7. The molecule has 2 heterocycles. The van der Waals surface area contributed by atoms with E-state index in [2.05, 4.69) is 55.6 Å². The van der Waals surface area contributed by atoms with Gasteiger partial charge in [-0.2, -0.15) is 5.10 Å². The topological polar surface area (TPSA) is 42.7 Å². The number of benzene rings is 1. The molecule has 0 amide bonds. The van der Waals surface area contributed by atoms with Crippen LogP contribution in [0.2, 0.25) is 0 Å². The zero-order chi connectivity index (χ0) is 17.4. The van der Waals surface area contributed by atoms with Gasteiger partial charge in [-0.1, -0.05) is 28.4 Å². The van der Waals surface area contributed by atoms with Crippen LogP contribution in [0.3, 0.4) is 0 Å². The van der Waals surface area contributed by atoms with E-state index in [9.17, 15) is 0 Å². The van der Waals surface area contributed by atoms with Gasteiger partial charge in [-0.15, -0.1) is 0 Å². The maximum atomic E-state index is 4.59. The summed E-state index contributed by atoms with van der Waals surface area (Å²) < 4.78 is 3.02. The quantitative estimate of drug-likeness (QED) is 0.655. The lowest BCUT2D eigenvalue weighted by molar-refractivity contribution is 0.489. The monoisotopic (exact) mass is 398 g/mol. The molecule has 0 radical (unpaired) electrons. The summed E-state index contributed by atoms with van der Waals surface area (Å²) in [4.78, 5) is 4.59. The summed E-state index contributed by atoms with van der Waals surface area (Å²) >= 11 is 3.61. The average molecular weight is 399 g/mol. The number of aromatic nitrogens is 3. The molecule has 0 saturated carbocycles. The normalized spacial score (nSPS) is 17.5. The van der Waals surface area contributed by atoms with Crippen LogP contribution < -0.4 is 5.32 Å². The van der Waals surface area contributed by atoms with Crippen molar-refractivity contribution in [3.8, 4) is 0 Å². The summed E-state index contributed by atoms with van der Waals surface area (Å²) in [7, 11) is 1.95. The van der Waals surface area contributed by atoms with E-state index in [-0.39, 0.29) is 0 Å². The Bertz CT molecular complexity index is 915. The largest absolute Gasteiger partial charge is 0.306 e. The van der Waals surface area contributed by atoms with E-state index in [0.29, 0.717) is 6.04 Å². The van der Waals surface area contributed by atoms with Gasteiger partial charge in [0.1, 0.15) is 0 Å². The molecule has 4 nitrogen and oxygen atoms in total. The van der Waals surface area contributed by atoms with Gasteiger partial charge >= 0.3 is 0 Å². The number of nitrogens with one attached hydrogen (secondary N) is 1. The predicted molar refractivity (Wildman–Crippen MR) is 105 cm³/mol. The Morgan fingerprint density at radius 2 is 2.16 bits per heavy atom. The molecule has 5 heteroatoms. The SMILES string of the molecule is Cc1nn(C)c2ncc(CNC3CCCCc4cc(Br)ccc43)cc12. The minimum absolute atomic E-state index is 0.413. The van der Waals surface area contributed by atoms with Crippen molar-refractivity contribution in [1.29, 1.82) is 0 Å². The first-order valence-electron chi connectivity index (χ1n) is 8.92. The van der Waals surface area contributed by atoms with Crippen LogP contribution in [0.5, 0.6) is 0 Å². The fourth-order valence-electron chi connectivity index (χ4n) is 3.85. The Labute approximate surface area is 156 Å². The lowest BCUT2D eigenvalue weighted by atomic mass is 9.99. The van der Waals surface area contributed by atoms with Gasteiger partial charge < -0.3 is 5.32 Å². The number of hydrogen-bond donors (Lipinski definition) is 1. The zero-order valence-corrected chi connectivity index (χ0v) is 16.3. The van der Waals surface area contributed by atoms with Gasteiger partial charge in [0.25, 0.3) is 0 Å². The van der Waals surface area contributed by atoms with E-state index in [4.69, 9.17) is 0 Å². The molecule has 0 fully saturated rings. The molecule has 3 aromatic rings. The van der Waals surface area contributed by atoms with Crippen LogP contribution in [0.25, 0.3) is 11.0 Å². The first kappa shape index (κ1) is 16.7. The summed E-state index contributed by atoms with van der Waals surface area (Å²) in [5.74, 6) is 0. The van der Waals surface area contributed by atoms with E-state index in [0.717, 1.165) is 23.3 Å². The summed E-state index contributed by atoms with van der Waals surface area (Å²) in [6, 6.07) is 9.34. The van der Waals surface area contributed by atoms with Crippen LogP contribution >= 0.6 is 15.9 Å². The Morgan fingerprint density at radius 3 is 3.04 bits per heavy atom. The molecule has 25 heavy (non-hydrogen) atoms. The van der Waals surface area contributed by atoms with E-state index in [1.165, 1.54) is 46.8 Å². The van der Waals surface area contributed by atoms with Crippen molar-refractivity contribution in [2.45, 2.75) is 45.2 Å². The third-order valence-electron chi connectivity index (χ3n) is 5.14. The predicted octanol–water partition coefficient (Wildman–Crippen LogP) is 4.60. The van der Waals surface area contributed by atoms with Crippen molar-refractivity contribution >= 4 is 27.0 Å². The van der Waals surface area contributed by atoms with Gasteiger partial charge in [0, 0.05) is 35.7 Å². The van der Waals surface area contributed by atoms with Gasteiger partial charge in [0.05, 0.1) is 5.69 Å². The van der Waals surface area contributed by atoms with Crippen molar-refractivity contribution in [2.75, 3.05) is 0 Å². The minimum atomic E-state index is 0.413. The van der Waals surface area contributed by atoms with Crippen LogP contribution in [-0.2, 0) is 20.0 Å². The molecule has 130 valence electrons. The smallest absolute Gasteiger partial charge is 0.157 e. The van der Waals surface area contributed by atoms with E-state index in [1.807, 2.05) is 24.9 Å². The standard InChI is InChI=1S/C20H23BrN4/c1-13-18-9-14(12-23-20(18)25(2)24-13)11-22-19-6-4-3-5-15-10-16(21)7-8-17(15)19/h7-10,12,19,22H,3-6,11H2,1-2H3. The molecular formula is C20H23BrN4. The molecule has 1 aliphatic rings. The molecule has 1 aromatic carbocycles. The summed E-state index contributed by atoms with van der Waals surface area (Å²) in [6.45, 7) is 2.87. The van der Waals surface area contributed by atoms with Gasteiger partial charge in [0.2, 0.25) is 0 Å². The van der Waals surface area contributed by atoms with Crippen molar-refractivity contribution < 1.29 is 0 Å². The van der Waals surface area contributed by atoms with Crippen molar-refractivity contribution in [3.63, 3.8) is 0 Å². The molecule has 1 aliphatic carbocycles. The van der Waals surface area contributed by atoms with Crippen molar-refractivity contribution in [2.24, 2.45) is 7.05 Å². The van der Waals surface area contributed by atoms with Crippen LogP contribution in [0.4, 0.5) is 0 Å². The Morgan fingerprint density at radius 1 is 1.28 bits per heavy atom. The Hall–Kier alpha value is -1.72. The first-order valence-corrected chi connectivity index (χ1v) is 9.71. The molecule has 0 spiro atoms. The molecule has 1 N–H and O–H groups in total. The molecule has 1 unspecified atom stereocenters. The summed E-state index contributed by atoms with van der Waals surface area (Å²) in [5, 5.41) is 9.37. The first-order chi connectivity index (χ1) is 12.1. The number of nitrogens with zero attached hydrogens (tertiary/aromatic N) is 3. The van der Waals surface area contributed by atoms with E-state index in [1.54, 1.807) is 0 Å². The number of aryl methyl sites for hydroxylation is 3. The highest BCUT2D eigenvalue weighted by atomic mass is 79.9. The van der Waals surface area contributed by atoms with E-state index < -0.39 is 0 Å². The number of halogens is 1. The highest BCUT2D eigenvalue weighted by molar-refractivity contribution is 9.10. The summed E-state index contributed by atoms with van der Waals surface area (Å²) in [6.07, 6.45) is 6.87. The molecule has 0 saturated heterocycles. The fourth-order valence-corrected chi connectivity index (χ4v) is 4.26. The summed E-state index contributed by atoms with van der Waals surface area (Å²) in [5.41, 5.74) is 6.13. The third-order valence-corrected chi connectivity index (χ3v) is 5.63. The van der Waals surface area contributed by atoms with Crippen LogP contribution in [0.15, 0.2) is 34.9 Å². The lowest BCUT2D eigenvalue weighted by Gasteiger charge is -2.20. The Balaban J connectivity index is 1.56. The molecular weight excluding hydrogens is 376 g/mol. The van der Waals surface area contributed by atoms with Gasteiger partial charge in [-0.3, -0.25) is 4.68 Å². The number of fused-ring (bicyclic) bond motifs is 2. The molecule has 0 bridgehead atoms. The maximum Gasteiger partial charge on any atom is 0.157 e. The second-order valence-corrected chi connectivity index (χ2v) is 7.86. The number of pyridine rings is 1. The lowest BCUT2D eigenvalue weighted by Crippen LogP contribution is -2.21. The van der Waals surface area contributed by atoms with Crippen molar-refractivity contribution in [1.82, 2.24) is 20.1 Å². The van der Waals surface area contributed by atoms with Gasteiger partial charge in [0.15, 0.2) is 5.65 Å². The second-order valence-electron chi connectivity index (χ2n) is 6.95. The number of hydrogen-bond acceptors (Lipinski definition) is 3. The van der Waals surface area contributed by atoms with Gasteiger partial charge in [-0.05, 0) is 61.1 Å². The van der Waals surface area contributed by atoms with Crippen molar-refractivity contribution in [3.05, 3.63) is 57.3 Å². The average Bonchev–Trinajstić information content (AvgIpc) is 2.77. The molecule has 4 rings (SSSR count). The molecule has 0 aliphatic heterocycles. The third kappa shape index (κ3) is 3.35.